The Kier molecular flexibility index (Phi) is 5.08. The molecule has 2 aromatic heterocycles. The maximum absolute atomic E-state index is 14.7. The highest BCUT2D eigenvalue weighted by Gasteiger charge is 2.41. The number of fused-ring (bicyclic) bond motifs is 1. The van der Waals surface area contributed by atoms with Crippen molar-refractivity contribution in [1.29, 1.82) is 0 Å². The van der Waals surface area contributed by atoms with Gasteiger partial charge in [0.05, 0.1) is 29.8 Å². The van der Waals surface area contributed by atoms with Gasteiger partial charge in [0.1, 0.15) is 29.9 Å². The Morgan fingerprint density at radius 2 is 2.00 bits per heavy atom. The molecule has 154 valence electrons. The van der Waals surface area contributed by atoms with Crippen molar-refractivity contribution in [1.82, 2.24) is 24.3 Å². The van der Waals surface area contributed by atoms with E-state index in [2.05, 4.69) is 15.1 Å². The number of rotatable bonds is 5. The van der Waals surface area contributed by atoms with Gasteiger partial charge in [0.15, 0.2) is 0 Å². The van der Waals surface area contributed by atoms with Crippen molar-refractivity contribution >= 4 is 22.5 Å². The Bertz CT molecular complexity index is 1280. The zero-order chi connectivity index (χ0) is 21.5. The van der Waals surface area contributed by atoms with Crippen molar-refractivity contribution in [2.24, 2.45) is 0 Å². The van der Waals surface area contributed by atoms with Crippen molar-refractivity contribution < 1.29 is 13.9 Å². The minimum Gasteiger partial charge on any atom is -0.381 e. The molecule has 0 aliphatic heterocycles. The Balaban J connectivity index is 1.90. The molecule has 2 heterocycles. The smallest absolute Gasteiger partial charge is 0.261 e. The van der Waals surface area contributed by atoms with Crippen LogP contribution in [0.4, 0.5) is 8.78 Å². The Morgan fingerprint density at radius 3 is 2.70 bits per heavy atom. The zero-order valence-electron chi connectivity index (χ0n) is 15.7. The summed E-state index contributed by atoms with van der Waals surface area (Å²) in [5.41, 5.74) is -2.20. The molecule has 0 aliphatic rings. The highest BCUT2D eigenvalue weighted by atomic mass is 35.5. The van der Waals surface area contributed by atoms with Crippen LogP contribution in [0, 0.1) is 11.6 Å². The van der Waals surface area contributed by atoms with Crippen molar-refractivity contribution in [2.75, 3.05) is 0 Å². The number of aromatic nitrogens is 5. The van der Waals surface area contributed by atoms with Gasteiger partial charge in [-0.3, -0.25) is 9.36 Å². The largest absolute Gasteiger partial charge is 0.381 e. The van der Waals surface area contributed by atoms with Crippen molar-refractivity contribution in [2.45, 2.75) is 25.1 Å². The number of nitrogens with zero attached hydrogens (tertiary/aromatic N) is 5. The van der Waals surface area contributed by atoms with Crippen LogP contribution in [0.25, 0.3) is 10.9 Å². The molecule has 30 heavy (non-hydrogen) atoms. The summed E-state index contributed by atoms with van der Waals surface area (Å²) in [5, 5.41) is 16.2. The minimum absolute atomic E-state index is 0.190. The maximum atomic E-state index is 14.7. The van der Waals surface area contributed by atoms with E-state index >= 15 is 0 Å². The second-order valence-electron chi connectivity index (χ2n) is 6.94. The maximum Gasteiger partial charge on any atom is 0.261 e. The Labute approximate surface area is 174 Å². The molecule has 0 radical (unpaired) electrons. The van der Waals surface area contributed by atoms with Gasteiger partial charge in [-0.2, -0.15) is 5.10 Å². The number of benzene rings is 2. The molecule has 7 nitrogen and oxygen atoms in total. The third kappa shape index (κ3) is 3.46. The van der Waals surface area contributed by atoms with Gasteiger partial charge in [-0.25, -0.2) is 23.4 Å². The average molecular weight is 432 g/mol. The van der Waals surface area contributed by atoms with Gasteiger partial charge >= 0.3 is 0 Å². The van der Waals surface area contributed by atoms with E-state index < -0.39 is 28.8 Å². The van der Waals surface area contributed by atoms with Gasteiger partial charge in [-0.1, -0.05) is 17.7 Å². The molecule has 1 N–H and O–H groups in total. The number of aliphatic hydroxyl groups is 1. The van der Waals surface area contributed by atoms with E-state index in [0.717, 1.165) is 12.1 Å². The summed E-state index contributed by atoms with van der Waals surface area (Å²) >= 11 is 6.01. The van der Waals surface area contributed by atoms with Gasteiger partial charge < -0.3 is 5.11 Å². The summed E-state index contributed by atoms with van der Waals surface area (Å²) in [7, 11) is 0. The van der Waals surface area contributed by atoms with E-state index in [9.17, 15) is 18.7 Å². The Morgan fingerprint density at radius 1 is 1.20 bits per heavy atom. The molecule has 10 heteroatoms. The molecule has 0 saturated carbocycles. The van der Waals surface area contributed by atoms with Crippen molar-refractivity contribution in [3.8, 4) is 0 Å². The fourth-order valence-corrected chi connectivity index (χ4v) is 3.63. The highest BCUT2D eigenvalue weighted by Crippen LogP contribution is 2.36. The van der Waals surface area contributed by atoms with Crippen LogP contribution in [0.2, 0.25) is 5.02 Å². The summed E-state index contributed by atoms with van der Waals surface area (Å²) in [6.07, 6.45) is 3.88. The first kappa shape index (κ1) is 20.1. The van der Waals surface area contributed by atoms with Crippen molar-refractivity contribution in [3.05, 3.63) is 88.0 Å². The van der Waals surface area contributed by atoms with Gasteiger partial charge in [-0.15, -0.1) is 0 Å². The molecule has 4 rings (SSSR count). The summed E-state index contributed by atoms with van der Waals surface area (Å²) < 4.78 is 30.7. The highest BCUT2D eigenvalue weighted by molar-refractivity contribution is 6.31. The third-order valence-electron chi connectivity index (χ3n) is 5.12. The lowest BCUT2D eigenvalue weighted by Crippen LogP contribution is -2.43. The molecule has 0 bridgehead atoms. The monoisotopic (exact) mass is 431 g/mol. The van der Waals surface area contributed by atoms with Crippen LogP contribution in [0.15, 0.2) is 60.2 Å². The lowest BCUT2D eigenvalue weighted by molar-refractivity contribution is -0.0343. The van der Waals surface area contributed by atoms with E-state index in [4.69, 9.17) is 11.6 Å². The van der Waals surface area contributed by atoms with E-state index in [1.54, 1.807) is 19.1 Å². The second-order valence-corrected chi connectivity index (χ2v) is 7.37. The molecule has 0 fully saturated rings. The lowest BCUT2D eigenvalue weighted by Gasteiger charge is -2.35. The first-order chi connectivity index (χ1) is 14.3. The Hall–Kier alpha value is -3.17. The molecule has 0 spiro atoms. The molecule has 0 saturated heterocycles. The standard InChI is InChI=1S/C20H16ClF2N5O2/c1-12(28-11-25-18-5-2-13(21)6-15(18)19(28)29)20(30,8-27-10-24-9-26-27)16-4-3-14(22)7-17(16)23/h2-7,9-12,30H,8H2,1H3. The van der Waals surface area contributed by atoms with Crippen LogP contribution >= 0.6 is 11.6 Å². The first-order valence-corrected chi connectivity index (χ1v) is 9.34. The molecule has 2 atom stereocenters. The molecular weight excluding hydrogens is 416 g/mol. The molecule has 0 aliphatic carbocycles. The zero-order valence-corrected chi connectivity index (χ0v) is 16.5. The topological polar surface area (TPSA) is 85.8 Å². The van der Waals surface area contributed by atoms with Crippen LogP contribution in [-0.4, -0.2) is 29.4 Å². The van der Waals surface area contributed by atoms with E-state index in [1.807, 2.05) is 0 Å². The van der Waals surface area contributed by atoms with Crippen LogP contribution < -0.4 is 5.56 Å². The second kappa shape index (κ2) is 7.58. The normalized spacial score (nSPS) is 14.6. The average Bonchev–Trinajstić information content (AvgIpc) is 3.21. The quantitative estimate of drug-likeness (QED) is 0.525. The molecule has 4 aromatic rings. The molecular formula is C20H16ClF2N5O2. The third-order valence-corrected chi connectivity index (χ3v) is 5.36. The predicted octanol–water partition coefficient (Wildman–Crippen LogP) is 3.07. The molecule has 2 unspecified atom stereocenters. The fraction of sp³-hybridized carbons (Fsp3) is 0.200. The van der Waals surface area contributed by atoms with Gasteiger partial charge in [0, 0.05) is 16.7 Å². The minimum atomic E-state index is -1.98. The van der Waals surface area contributed by atoms with Crippen LogP contribution in [0.1, 0.15) is 18.5 Å². The van der Waals surface area contributed by atoms with Crippen molar-refractivity contribution in [3.63, 3.8) is 0 Å². The van der Waals surface area contributed by atoms with Crippen LogP contribution in [-0.2, 0) is 12.1 Å². The summed E-state index contributed by atoms with van der Waals surface area (Å²) in [5.74, 6) is -1.74. The predicted molar refractivity (Wildman–Crippen MR) is 106 cm³/mol. The summed E-state index contributed by atoms with van der Waals surface area (Å²) in [4.78, 5) is 21.2. The van der Waals surface area contributed by atoms with Gasteiger partial charge in [-0.05, 0) is 31.2 Å². The molecule has 2 aromatic carbocycles. The van der Waals surface area contributed by atoms with Gasteiger partial charge in [0.2, 0.25) is 0 Å². The summed E-state index contributed by atoms with van der Waals surface area (Å²) in [6.45, 7) is 1.30. The number of hydrogen-bond donors (Lipinski definition) is 1. The fourth-order valence-electron chi connectivity index (χ4n) is 3.46. The summed E-state index contributed by atoms with van der Waals surface area (Å²) in [6, 6.07) is 6.55. The van der Waals surface area contributed by atoms with Gasteiger partial charge in [0.25, 0.3) is 5.56 Å². The number of halogens is 3. The first-order valence-electron chi connectivity index (χ1n) is 8.96. The SMILES string of the molecule is CC(n1cnc2ccc(Cl)cc2c1=O)C(O)(Cn1cncn1)c1ccc(F)cc1F. The van der Waals surface area contributed by atoms with E-state index in [1.165, 1.54) is 34.3 Å². The van der Waals surface area contributed by atoms with Crippen LogP contribution in [0.3, 0.4) is 0 Å². The van der Waals surface area contributed by atoms with E-state index in [0.29, 0.717) is 16.6 Å². The number of hydrogen-bond acceptors (Lipinski definition) is 5. The van der Waals surface area contributed by atoms with E-state index in [-0.39, 0.29) is 17.5 Å². The van der Waals surface area contributed by atoms with Crippen LogP contribution in [0.5, 0.6) is 0 Å². The lowest BCUT2D eigenvalue weighted by atomic mass is 9.86. The molecule has 0 amide bonds.